The Hall–Kier alpha value is -1.65. The zero-order valence-corrected chi connectivity index (χ0v) is 14.5. The summed E-state index contributed by atoms with van der Waals surface area (Å²) in [6.45, 7) is 2.86. The third-order valence-corrected chi connectivity index (χ3v) is 5.43. The number of thioether (sulfide) groups is 1. The highest BCUT2D eigenvalue weighted by Crippen LogP contribution is 2.38. The molecule has 0 aliphatic carbocycles. The van der Waals surface area contributed by atoms with Gasteiger partial charge >= 0.3 is 6.03 Å². The van der Waals surface area contributed by atoms with E-state index in [1.54, 1.807) is 11.8 Å². The predicted octanol–water partition coefficient (Wildman–Crippen LogP) is 5.18. The van der Waals surface area contributed by atoms with E-state index in [-0.39, 0.29) is 11.4 Å². The molecule has 0 aromatic heterocycles. The van der Waals surface area contributed by atoms with Crippen molar-refractivity contribution < 1.29 is 4.79 Å². The molecular formula is C18H19ClN2OS. The Morgan fingerprint density at radius 2 is 1.91 bits per heavy atom. The normalized spacial score (nSPS) is 17.3. The first kappa shape index (κ1) is 16.2. The molecule has 3 rings (SSSR count). The minimum Gasteiger partial charge on any atom is -0.308 e. The topological polar surface area (TPSA) is 32.3 Å². The average molecular weight is 347 g/mol. The lowest BCUT2D eigenvalue weighted by Crippen LogP contribution is -2.34. The largest absolute Gasteiger partial charge is 0.323 e. The van der Waals surface area contributed by atoms with Crippen LogP contribution in [-0.2, 0) is 6.42 Å². The van der Waals surface area contributed by atoms with Crippen LogP contribution in [0.15, 0.2) is 48.5 Å². The van der Waals surface area contributed by atoms with Gasteiger partial charge in [-0.2, -0.15) is 0 Å². The number of benzene rings is 2. The fourth-order valence-corrected chi connectivity index (χ4v) is 3.98. The molecule has 0 bridgehead atoms. The number of amides is 2. The van der Waals surface area contributed by atoms with Gasteiger partial charge in [0.25, 0.3) is 0 Å². The molecule has 1 N–H and O–H groups in total. The van der Waals surface area contributed by atoms with E-state index in [2.05, 4.69) is 12.2 Å². The maximum Gasteiger partial charge on any atom is 0.323 e. The number of halogens is 1. The minimum absolute atomic E-state index is 0.0437. The fraction of sp³-hybridized carbons (Fsp3) is 0.278. The van der Waals surface area contributed by atoms with Crippen LogP contribution in [0, 0.1) is 0 Å². The Morgan fingerprint density at radius 3 is 2.57 bits per heavy atom. The van der Waals surface area contributed by atoms with Crippen LogP contribution in [0.2, 0.25) is 5.02 Å². The van der Waals surface area contributed by atoms with E-state index < -0.39 is 0 Å². The first-order chi connectivity index (χ1) is 11.2. The van der Waals surface area contributed by atoms with Crippen molar-refractivity contribution in [1.29, 1.82) is 0 Å². The zero-order chi connectivity index (χ0) is 16.2. The summed E-state index contributed by atoms with van der Waals surface area (Å²) >= 11 is 7.73. The molecule has 120 valence electrons. The molecule has 0 saturated carbocycles. The van der Waals surface area contributed by atoms with Crippen LogP contribution < -0.4 is 5.32 Å². The smallest absolute Gasteiger partial charge is 0.308 e. The molecule has 2 aromatic carbocycles. The van der Waals surface area contributed by atoms with Gasteiger partial charge in [0.1, 0.15) is 5.37 Å². The van der Waals surface area contributed by atoms with E-state index >= 15 is 0 Å². The van der Waals surface area contributed by atoms with E-state index in [1.165, 1.54) is 5.56 Å². The van der Waals surface area contributed by atoms with Gasteiger partial charge in [-0.25, -0.2) is 4.79 Å². The quantitative estimate of drug-likeness (QED) is 0.830. The van der Waals surface area contributed by atoms with Crippen LogP contribution in [0.5, 0.6) is 0 Å². The SMILES string of the molecule is CCc1ccc(NC(=O)N2CCSC2c2ccc(Cl)cc2)cc1. The molecule has 1 unspecified atom stereocenters. The first-order valence-electron chi connectivity index (χ1n) is 7.71. The molecule has 1 saturated heterocycles. The van der Waals surface area contributed by atoms with E-state index in [9.17, 15) is 4.79 Å². The van der Waals surface area contributed by atoms with Crippen LogP contribution in [0.25, 0.3) is 0 Å². The lowest BCUT2D eigenvalue weighted by molar-refractivity contribution is 0.214. The summed E-state index contributed by atoms with van der Waals surface area (Å²) in [7, 11) is 0. The van der Waals surface area contributed by atoms with Crippen LogP contribution in [0.4, 0.5) is 10.5 Å². The van der Waals surface area contributed by atoms with Gasteiger partial charge in [0.05, 0.1) is 0 Å². The van der Waals surface area contributed by atoms with Gasteiger partial charge in [-0.05, 0) is 41.8 Å². The number of carbonyl (C=O) groups is 1. The number of carbonyl (C=O) groups excluding carboxylic acids is 1. The molecular weight excluding hydrogens is 328 g/mol. The molecule has 2 aromatic rings. The number of hydrogen-bond acceptors (Lipinski definition) is 2. The van der Waals surface area contributed by atoms with Crippen molar-refractivity contribution in [3.8, 4) is 0 Å². The Kier molecular flexibility index (Phi) is 5.13. The molecule has 2 amide bonds. The average Bonchev–Trinajstić information content (AvgIpc) is 3.06. The molecule has 1 atom stereocenters. The van der Waals surface area contributed by atoms with Crippen molar-refractivity contribution in [2.75, 3.05) is 17.6 Å². The Balaban J connectivity index is 1.71. The van der Waals surface area contributed by atoms with Crippen LogP contribution >= 0.6 is 23.4 Å². The van der Waals surface area contributed by atoms with Gasteiger partial charge < -0.3 is 10.2 Å². The summed E-state index contributed by atoms with van der Waals surface area (Å²) in [4.78, 5) is 14.5. The minimum atomic E-state index is -0.0563. The molecule has 1 aliphatic rings. The number of hydrogen-bond donors (Lipinski definition) is 1. The van der Waals surface area contributed by atoms with Crippen molar-refractivity contribution in [3.63, 3.8) is 0 Å². The standard InChI is InChI=1S/C18H19ClN2OS/c1-2-13-3-9-16(10-4-13)20-18(22)21-11-12-23-17(21)14-5-7-15(19)8-6-14/h3-10,17H,2,11-12H2,1H3,(H,20,22). The summed E-state index contributed by atoms with van der Waals surface area (Å²) in [5.41, 5.74) is 3.20. The molecule has 0 spiro atoms. The van der Waals surface area contributed by atoms with Crippen molar-refractivity contribution in [1.82, 2.24) is 4.90 Å². The number of nitrogens with zero attached hydrogens (tertiary/aromatic N) is 1. The monoisotopic (exact) mass is 346 g/mol. The molecule has 1 heterocycles. The molecule has 23 heavy (non-hydrogen) atoms. The van der Waals surface area contributed by atoms with Crippen LogP contribution in [0.1, 0.15) is 23.4 Å². The molecule has 3 nitrogen and oxygen atoms in total. The van der Waals surface area contributed by atoms with Gasteiger partial charge in [-0.3, -0.25) is 0 Å². The summed E-state index contributed by atoms with van der Waals surface area (Å²) in [6, 6.07) is 15.7. The zero-order valence-electron chi connectivity index (χ0n) is 13.0. The van der Waals surface area contributed by atoms with Crippen LogP contribution in [0.3, 0.4) is 0 Å². The summed E-state index contributed by atoms with van der Waals surface area (Å²) in [5.74, 6) is 0.940. The highest BCUT2D eigenvalue weighted by atomic mass is 35.5. The maximum atomic E-state index is 12.6. The summed E-state index contributed by atoms with van der Waals surface area (Å²) in [5, 5.41) is 3.75. The van der Waals surface area contributed by atoms with Gasteiger partial charge in [0.15, 0.2) is 0 Å². The lowest BCUT2D eigenvalue weighted by atomic mass is 10.1. The van der Waals surface area contributed by atoms with Crippen LogP contribution in [-0.4, -0.2) is 23.2 Å². The Bertz CT molecular complexity index is 672. The van der Waals surface area contributed by atoms with E-state index in [4.69, 9.17) is 11.6 Å². The first-order valence-corrected chi connectivity index (χ1v) is 9.13. The van der Waals surface area contributed by atoms with Crippen molar-refractivity contribution in [2.45, 2.75) is 18.7 Å². The number of anilines is 1. The Morgan fingerprint density at radius 1 is 1.22 bits per heavy atom. The van der Waals surface area contributed by atoms with E-state index in [0.717, 1.165) is 30.0 Å². The van der Waals surface area contributed by atoms with Gasteiger partial charge in [-0.1, -0.05) is 42.8 Å². The fourth-order valence-electron chi connectivity index (χ4n) is 2.60. The van der Waals surface area contributed by atoms with Crippen molar-refractivity contribution in [2.24, 2.45) is 0 Å². The summed E-state index contributed by atoms with van der Waals surface area (Å²) < 4.78 is 0. The van der Waals surface area contributed by atoms with E-state index in [0.29, 0.717) is 5.02 Å². The number of aryl methyl sites for hydroxylation is 1. The molecule has 5 heteroatoms. The van der Waals surface area contributed by atoms with E-state index in [1.807, 2.05) is 53.4 Å². The predicted molar refractivity (Wildman–Crippen MR) is 98.2 cm³/mol. The molecule has 0 radical (unpaired) electrons. The maximum absolute atomic E-state index is 12.6. The van der Waals surface area contributed by atoms with Gasteiger partial charge in [0, 0.05) is 23.0 Å². The van der Waals surface area contributed by atoms with Gasteiger partial charge in [0.2, 0.25) is 0 Å². The Labute approximate surface area is 146 Å². The number of rotatable bonds is 3. The van der Waals surface area contributed by atoms with Gasteiger partial charge in [-0.15, -0.1) is 11.8 Å². The van der Waals surface area contributed by atoms with Crippen molar-refractivity contribution in [3.05, 3.63) is 64.7 Å². The molecule has 1 fully saturated rings. The highest BCUT2D eigenvalue weighted by Gasteiger charge is 2.30. The molecule has 1 aliphatic heterocycles. The van der Waals surface area contributed by atoms with Crippen molar-refractivity contribution >= 4 is 35.1 Å². The second kappa shape index (κ2) is 7.28. The number of nitrogens with one attached hydrogen (secondary N) is 1. The summed E-state index contributed by atoms with van der Waals surface area (Å²) in [6.07, 6.45) is 0.996. The highest BCUT2D eigenvalue weighted by molar-refractivity contribution is 7.99. The second-order valence-corrected chi connectivity index (χ2v) is 7.07. The lowest BCUT2D eigenvalue weighted by Gasteiger charge is -2.24. The second-order valence-electron chi connectivity index (χ2n) is 5.45. The third kappa shape index (κ3) is 3.82. The third-order valence-electron chi connectivity index (χ3n) is 3.92. The number of urea groups is 1.